The molecule has 2 aromatic rings. The Balaban J connectivity index is 0.00000132. The maximum absolute atomic E-state index is 4.08. The van der Waals surface area contributed by atoms with Gasteiger partial charge in [0.1, 0.15) is 6.54 Å². The molecule has 0 aromatic carbocycles. The predicted octanol–water partition coefficient (Wildman–Crippen LogP) is 3.10. The molecule has 0 N–H and O–H groups in total. The third-order valence-electron chi connectivity index (χ3n) is 3.68. The molecular formula is C17H22Cl2N4. The van der Waals surface area contributed by atoms with Gasteiger partial charge in [0.25, 0.3) is 0 Å². The highest BCUT2D eigenvalue weighted by Crippen LogP contribution is 2.13. The summed E-state index contributed by atoms with van der Waals surface area (Å²) in [5.41, 5.74) is 1.09. The SMILES string of the molecule is C(#CCN(c1ccncc1)n1cccc1)CN1CCCC1.Cl.Cl. The summed E-state index contributed by atoms with van der Waals surface area (Å²) in [7, 11) is 0. The zero-order valence-electron chi connectivity index (χ0n) is 13.0. The van der Waals surface area contributed by atoms with Crippen LogP contribution in [0.1, 0.15) is 12.8 Å². The van der Waals surface area contributed by atoms with Crippen molar-refractivity contribution in [1.82, 2.24) is 14.6 Å². The molecule has 0 unspecified atom stereocenters. The van der Waals surface area contributed by atoms with E-state index >= 15 is 0 Å². The molecule has 124 valence electrons. The Morgan fingerprint density at radius 3 is 2.30 bits per heavy atom. The highest BCUT2D eigenvalue weighted by Gasteiger charge is 2.09. The van der Waals surface area contributed by atoms with Crippen LogP contribution in [0.25, 0.3) is 0 Å². The molecule has 1 aliphatic heterocycles. The van der Waals surface area contributed by atoms with Crippen molar-refractivity contribution in [3.8, 4) is 11.8 Å². The Labute approximate surface area is 150 Å². The molecule has 0 radical (unpaired) electrons. The van der Waals surface area contributed by atoms with Crippen molar-refractivity contribution in [2.75, 3.05) is 31.2 Å². The van der Waals surface area contributed by atoms with Crippen molar-refractivity contribution in [2.24, 2.45) is 0 Å². The van der Waals surface area contributed by atoms with Gasteiger partial charge in [0, 0.05) is 24.8 Å². The van der Waals surface area contributed by atoms with Gasteiger partial charge in [-0.05, 0) is 50.2 Å². The number of hydrogen-bond donors (Lipinski definition) is 0. The maximum Gasteiger partial charge on any atom is 0.101 e. The number of anilines is 1. The number of aromatic nitrogens is 2. The van der Waals surface area contributed by atoms with E-state index in [9.17, 15) is 0 Å². The first kappa shape index (κ1) is 19.4. The van der Waals surface area contributed by atoms with Gasteiger partial charge in [0.2, 0.25) is 0 Å². The Bertz CT molecular complexity index is 599. The lowest BCUT2D eigenvalue weighted by Gasteiger charge is -2.23. The van der Waals surface area contributed by atoms with Gasteiger partial charge in [0.05, 0.1) is 12.2 Å². The molecule has 0 aliphatic carbocycles. The molecule has 3 heterocycles. The topological polar surface area (TPSA) is 24.3 Å². The fraction of sp³-hybridized carbons (Fsp3) is 0.353. The maximum atomic E-state index is 4.08. The molecule has 3 rings (SSSR count). The minimum atomic E-state index is 0. The number of pyridine rings is 1. The Kier molecular flexibility index (Phi) is 8.57. The lowest BCUT2D eigenvalue weighted by Crippen LogP contribution is -2.28. The summed E-state index contributed by atoms with van der Waals surface area (Å²) in [5, 5.41) is 2.14. The van der Waals surface area contributed by atoms with Gasteiger partial charge in [-0.1, -0.05) is 11.8 Å². The van der Waals surface area contributed by atoms with E-state index in [2.05, 4.69) is 31.4 Å². The first-order valence-electron chi connectivity index (χ1n) is 7.42. The number of rotatable bonds is 4. The Morgan fingerprint density at radius 1 is 1.00 bits per heavy atom. The average Bonchev–Trinajstić information content (AvgIpc) is 3.21. The van der Waals surface area contributed by atoms with Crippen molar-refractivity contribution >= 4 is 30.5 Å². The molecule has 2 aromatic heterocycles. The van der Waals surface area contributed by atoms with Crippen LogP contribution in [-0.2, 0) is 0 Å². The predicted molar refractivity (Wildman–Crippen MR) is 99.4 cm³/mol. The zero-order valence-corrected chi connectivity index (χ0v) is 14.6. The number of nitrogens with zero attached hydrogens (tertiary/aromatic N) is 4. The standard InChI is InChI=1S/C17H20N4.2ClH/c1-2-12-19(11-1)13-3-6-16-21(20-14-4-5-15-20)17-7-9-18-10-8-17;;/h4-5,7-10,14-15H,1-2,11-13,16H2;2*1H. The summed E-state index contributed by atoms with van der Waals surface area (Å²) in [6.07, 6.45) is 10.3. The van der Waals surface area contributed by atoms with E-state index < -0.39 is 0 Å². The summed E-state index contributed by atoms with van der Waals surface area (Å²) in [5.74, 6) is 6.59. The third kappa shape index (κ3) is 5.47. The van der Waals surface area contributed by atoms with Crippen molar-refractivity contribution < 1.29 is 0 Å². The normalized spacial score (nSPS) is 13.4. The van der Waals surface area contributed by atoms with E-state index in [-0.39, 0.29) is 24.8 Å². The van der Waals surface area contributed by atoms with Gasteiger partial charge in [-0.2, -0.15) is 0 Å². The summed E-state index contributed by atoms with van der Waals surface area (Å²) < 4.78 is 2.06. The highest BCUT2D eigenvalue weighted by atomic mass is 35.5. The fourth-order valence-electron chi connectivity index (χ4n) is 2.55. The van der Waals surface area contributed by atoms with Crippen LogP contribution in [-0.4, -0.2) is 40.7 Å². The van der Waals surface area contributed by atoms with Gasteiger partial charge in [-0.3, -0.25) is 19.6 Å². The van der Waals surface area contributed by atoms with Gasteiger partial charge >= 0.3 is 0 Å². The molecule has 6 heteroatoms. The molecule has 4 nitrogen and oxygen atoms in total. The first-order chi connectivity index (χ1) is 10.4. The van der Waals surface area contributed by atoms with Crippen LogP contribution in [0.2, 0.25) is 0 Å². The summed E-state index contributed by atoms with van der Waals surface area (Å²) in [6.45, 7) is 3.95. The van der Waals surface area contributed by atoms with Crippen LogP contribution >= 0.6 is 24.8 Å². The third-order valence-corrected chi connectivity index (χ3v) is 3.68. The van der Waals surface area contributed by atoms with Crippen LogP contribution in [0.5, 0.6) is 0 Å². The lowest BCUT2D eigenvalue weighted by atomic mass is 10.4. The smallest absolute Gasteiger partial charge is 0.101 e. The van der Waals surface area contributed by atoms with Crippen molar-refractivity contribution in [3.05, 3.63) is 49.1 Å². The quantitative estimate of drug-likeness (QED) is 0.790. The van der Waals surface area contributed by atoms with Gasteiger partial charge in [-0.25, -0.2) is 0 Å². The van der Waals surface area contributed by atoms with Gasteiger partial charge in [0.15, 0.2) is 0 Å². The second-order valence-corrected chi connectivity index (χ2v) is 5.16. The molecule has 0 spiro atoms. The molecule has 0 bridgehead atoms. The minimum Gasteiger partial charge on any atom is -0.292 e. The number of likely N-dealkylation sites (tertiary alicyclic amines) is 1. The summed E-state index contributed by atoms with van der Waals surface area (Å²) in [4.78, 5) is 6.50. The lowest BCUT2D eigenvalue weighted by molar-refractivity contribution is 0.383. The molecule has 23 heavy (non-hydrogen) atoms. The fourth-order valence-corrected chi connectivity index (χ4v) is 2.55. The average molecular weight is 353 g/mol. The van der Waals surface area contributed by atoms with E-state index in [0.29, 0.717) is 6.54 Å². The minimum absolute atomic E-state index is 0. The summed E-state index contributed by atoms with van der Waals surface area (Å²) in [6, 6.07) is 8.04. The molecule has 1 aliphatic rings. The number of halogens is 2. The summed E-state index contributed by atoms with van der Waals surface area (Å²) >= 11 is 0. The van der Waals surface area contributed by atoms with Crippen molar-refractivity contribution in [3.63, 3.8) is 0 Å². The van der Waals surface area contributed by atoms with E-state index in [1.807, 2.05) is 49.1 Å². The van der Waals surface area contributed by atoms with Gasteiger partial charge < -0.3 is 0 Å². The van der Waals surface area contributed by atoms with Crippen molar-refractivity contribution in [1.29, 1.82) is 0 Å². The second-order valence-electron chi connectivity index (χ2n) is 5.16. The Hall–Kier alpha value is -1.67. The molecule has 0 saturated carbocycles. The van der Waals surface area contributed by atoms with E-state index in [1.54, 1.807) is 0 Å². The molecule has 0 amide bonds. The van der Waals surface area contributed by atoms with Crippen LogP contribution in [0.3, 0.4) is 0 Å². The molecule has 1 saturated heterocycles. The molecule has 1 fully saturated rings. The largest absolute Gasteiger partial charge is 0.292 e. The van der Waals surface area contributed by atoms with Crippen LogP contribution in [0, 0.1) is 11.8 Å². The Morgan fingerprint density at radius 2 is 1.65 bits per heavy atom. The van der Waals surface area contributed by atoms with Crippen molar-refractivity contribution in [2.45, 2.75) is 12.8 Å². The van der Waals surface area contributed by atoms with E-state index in [0.717, 1.165) is 12.2 Å². The molecule has 0 atom stereocenters. The van der Waals surface area contributed by atoms with Gasteiger partial charge in [-0.15, -0.1) is 24.8 Å². The van der Waals surface area contributed by atoms with E-state index in [1.165, 1.54) is 25.9 Å². The zero-order chi connectivity index (χ0) is 14.3. The van der Waals surface area contributed by atoms with Crippen LogP contribution in [0.15, 0.2) is 49.1 Å². The highest BCUT2D eigenvalue weighted by molar-refractivity contribution is 5.85. The van der Waals surface area contributed by atoms with E-state index in [4.69, 9.17) is 0 Å². The second kappa shape index (κ2) is 10.2. The van der Waals surface area contributed by atoms with Crippen LogP contribution < -0.4 is 5.01 Å². The number of hydrogen-bond acceptors (Lipinski definition) is 3. The van der Waals surface area contributed by atoms with Crippen LogP contribution in [0.4, 0.5) is 5.69 Å². The molecular weight excluding hydrogens is 331 g/mol. The first-order valence-corrected chi connectivity index (χ1v) is 7.42. The monoisotopic (exact) mass is 352 g/mol.